The number of carbonyl (C=O) groups excluding carboxylic acids is 5. The van der Waals surface area contributed by atoms with Crippen molar-refractivity contribution in [3.8, 4) is 0 Å². The Morgan fingerprint density at radius 2 is 0.674 bits per heavy atom. The quantitative estimate of drug-likeness (QED) is 0.00658. The Hall–Kier alpha value is -2.51. The van der Waals surface area contributed by atoms with Gasteiger partial charge in [0, 0.05) is 69.8 Å². The molecule has 0 aromatic rings. The van der Waals surface area contributed by atoms with Gasteiger partial charge in [-0.05, 0) is 254 Å². The molecule has 0 saturated heterocycles. The molecule has 2 N–H and O–H groups in total. The number of ether oxygens (including phenoxy) is 7. The van der Waals surface area contributed by atoms with Gasteiger partial charge in [-0.1, -0.05) is 101 Å². The summed E-state index contributed by atoms with van der Waals surface area (Å²) in [5.74, 6) is -1.78. The Bertz CT molecular complexity index is 3230. The van der Waals surface area contributed by atoms with E-state index in [0.717, 1.165) is 101 Å². The van der Waals surface area contributed by atoms with E-state index in [0.29, 0.717) is 79.8 Å². The van der Waals surface area contributed by atoms with Crippen molar-refractivity contribution in [3.63, 3.8) is 0 Å². The summed E-state index contributed by atoms with van der Waals surface area (Å²) in [6.07, 6.45) is -11.3. The van der Waals surface area contributed by atoms with Gasteiger partial charge in [0.25, 0.3) is 9.28 Å². The summed E-state index contributed by atoms with van der Waals surface area (Å²) in [6, 6.07) is 4.99. The van der Waals surface area contributed by atoms with Gasteiger partial charge in [0.2, 0.25) is 6.10 Å². The SMILES string of the molecule is C.C.C.C.C=C(C)C(=O)OCCCC[Si](C)(C)O.C=C(C)C(=O)OCCCC[Si](C)(C)O[SiH](C)O[Si](C)(C)O[Si](C)(C)CCCCOC(=O)C(=C)C.C=C(C)C(=O)OCCCC[Si](C)(C)O[Si](C)(C)O[Si](C)(CCCOC(C)C(F)(F)F)O[Si](C)(C)CCCCOC(=O)C(=C)C.C=CCOC(C(F)(F)F)C(F)(F)F.CO[SiH](C)C.CO[Si](C)(C)C.O=S(=O)(O)C(F)(F)F.[Pt]. The summed E-state index contributed by atoms with van der Waals surface area (Å²) in [7, 11) is -24.0. The molecule has 0 rings (SSSR count). The molecule has 0 aliphatic heterocycles. The van der Waals surface area contributed by atoms with Crippen molar-refractivity contribution in [2.75, 3.05) is 60.5 Å². The van der Waals surface area contributed by atoms with Crippen molar-refractivity contribution in [2.45, 2.75) is 352 Å². The number of esters is 5. The average Bonchev–Trinajstić information content (AvgIpc) is 0.817. The maximum absolute atomic E-state index is 12.9. The molecule has 0 aromatic carbocycles. The predicted octanol–water partition coefficient (Wildman–Crippen LogP) is 24.0. The van der Waals surface area contributed by atoms with Crippen molar-refractivity contribution in [1.82, 2.24) is 0 Å². The van der Waals surface area contributed by atoms with Crippen LogP contribution in [0.3, 0.4) is 0 Å². The van der Waals surface area contributed by atoms with Crippen molar-refractivity contribution in [3.05, 3.63) is 73.4 Å². The molecule has 3 atom stereocenters. The van der Waals surface area contributed by atoms with Crippen LogP contribution in [0.15, 0.2) is 73.4 Å². The fourth-order valence-electron chi connectivity index (χ4n) is 9.69. The zero-order chi connectivity index (χ0) is 99.4. The molecule has 24 nitrogen and oxygen atoms in total. The van der Waals surface area contributed by atoms with Gasteiger partial charge >= 0.3 is 89.7 Å². The van der Waals surface area contributed by atoms with Gasteiger partial charge in [0.05, 0.1) is 39.6 Å². The summed E-state index contributed by atoms with van der Waals surface area (Å²) in [6.45, 7) is 75.2. The van der Waals surface area contributed by atoms with Gasteiger partial charge < -0.3 is 71.5 Å². The molecule has 49 heteroatoms. The van der Waals surface area contributed by atoms with Crippen molar-refractivity contribution < 1.29 is 182 Å². The summed E-state index contributed by atoms with van der Waals surface area (Å²) < 4.78 is 250. The molecule has 3 unspecified atom stereocenters. The maximum atomic E-state index is 12.9. The third-order valence-corrected chi connectivity index (χ3v) is 51.0. The third-order valence-electron chi connectivity index (χ3n) is 15.7. The summed E-state index contributed by atoms with van der Waals surface area (Å²) >= 11 is 0. The second kappa shape index (κ2) is 72.8. The first-order valence-electron chi connectivity index (χ1n) is 40.6. The molecule has 0 aliphatic rings. The first kappa shape index (κ1) is 152. The first-order chi connectivity index (χ1) is 55.5. The van der Waals surface area contributed by atoms with Crippen LogP contribution in [0.1, 0.15) is 142 Å². The van der Waals surface area contributed by atoms with Gasteiger partial charge in [0.1, 0.15) is 0 Å². The van der Waals surface area contributed by atoms with E-state index in [1.807, 2.05) is 32.7 Å². The van der Waals surface area contributed by atoms with E-state index in [2.05, 4.69) is 149 Å². The molecule has 0 saturated carbocycles. The van der Waals surface area contributed by atoms with Crippen LogP contribution in [0, 0.1) is 0 Å². The van der Waals surface area contributed by atoms with Crippen molar-refractivity contribution >= 4 is 134 Å². The Morgan fingerprint density at radius 3 is 0.907 bits per heavy atom. The van der Waals surface area contributed by atoms with E-state index < -0.39 is 153 Å². The van der Waals surface area contributed by atoms with Gasteiger partial charge in [-0.3, -0.25) is 4.55 Å². The minimum Gasteiger partial charge on any atom is -0.462 e. The van der Waals surface area contributed by atoms with E-state index in [4.69, 9.17) is 74.9 Å². The number of halogens is 12. The van der Waals surface area contributed by atoms with Crippen molar-refractivity contribution in [1.29, 1.82) is 0 Å². The maximum Gasteiger partial charge on any atom is 0.522 e. The molecule has 0 heterocycles. The Morgan fingerprint density at radius 1 is 0.411 bits per heavy atom. The van der Waals surface area contributed by atoms with E-state index in [1.54, 1.807) is 48.8 Å². The number of rotatable bonds is 52. The van der Waals surface area contributed by atoms with E-state index in [9.17, 15) is 81.5 Å². The molecule has 778 valence electrons. The molecular weight excluding hydrogens is 2110 g/mol. The monoisotopic (exact) mass is 2280 g/mol. The van der Waals surface area contributed by atoms with Crippen LogP contribution in [-0.2, 0) is 122 Å². The molecule has 0 spiro atoms. The van der Waals surface area contributed by atoms with Gasteiger partial charge in [0.15, 0.2) is 65.0 Å². The number of alkyl halides is 12. The number of hydrogen-bond acceptors (Lipinski definition) is 23. The molecular formula is C80H170F12O24PtSSi11. The normalized spacial score (nSPS) is 13.0. The van der Waals surface area contributed by atoms with Crippen LogP contribution in [-0.4, -0.2) is 238 Å². The topological polar surface area (TPSA) is 298 Å². The molecule has 0 aliphatic carbocycles. The van der Waals surface area contributed by atoms with Crippen LogP contribution in [0.25, 0.3) is 0 Å². The Kier molecular flexibility index (Phi) is 85.7. The fourth-order valence-corrected chi connectivity index (χ4v) is 47.1. The Labute approximate surface area is 796 Å². The van der Waals surface area contributed by atoms with Crippen molar-refractivity contribution in [2.24, 2.45) is 0 Å². The Balaban J connectivity index is -0.000000140. The number of hydrogen-bond donors (Lipinski definition) is 2. The standard InChI is InChI=1S/C29H57F3O8Si4.C23H48O7Si4.C10H20O3Si.C6H6F6O.C4H12OSi.C3H10OSi.CHF3O3S.4CH4.Pt/c1-24(2)27(33)36-18-13-15-21-41(6,7)38-43(10,11)40-44(12,23-17-20-35-26(5)29(30,31)32)39-42(8,9)22-16-14-19-37-28(34)25(3)4;1-20(2)22(24)26-16-12-14-18-32(6,7)28-31(5)29-34(10,11)30-33(8,9)19-15-13-17-27-23(25)21(3)4;1-9(2)10(11)13-7-5-6-8-14(3,4)12;1-2-3-13-4(5(7,8)9)6(10,11)12;1-5-6(2,3)4;1-4-5(2)3;2-1(3,4)8(5,6)7;;;;;/h26H,1,3,13-23H2,2,4-12H3;31H,1,3,12-19H2,2,4-11H3;12H,1,5-8H2,2-4H3;2,4H,1,3H2;1-4H3;5H,1-3H3;(H,5,6,7);4*1H4;. The minimum absolute atomic E-state index is 0. The van der Waals surface area contributed by atoms with Crippen LogP contribution >= 0.6 is 0 Å². The van der Waals surface area contributed by atoms with Crippen LogP contribution in [0.2, 0.25) is 174 Å². The zero-order valence-electron chi connectivity index (χ0n) is 79.7. The number of carbonyl (C=O) groups is 5. The fraction of sp³-hybridized carbons (Fsp3) is 0.787. The smallest absolute Gasteiger partial charge is 0.462 e. The molecule has 0 amide bonds. The van der Waals surface area contributed by atoms with Crippen LogP contribution in [0.4, 0.5) is 52.7 Å². The van der Waals surface area contributed by atoms with Crippen LogP contribution in [0.5, 0.6) is 0 Å². The second-order valence-corrected chi connectivity index (χ2v) is 78.1. The largest absolute Gasteiger partial charge is 0.522 e. The van der Waals surface area contributed by atoms with E-state index in [1.165, 1.54) is 0 Å². The average molecular weight is 2280 g/mol. The second-order valence-electron chi connectivity index (χ2n) is 34.6. The summed E-state index contributed by atoms with van der Waals surface area (Å²) in [5, 5.41) is 0. The molecule has 129 heavy (non-hydrogen) atoms. The first-order valence-corrected chi connectivity index (χ1v) is 74.1. The summed E-state index contributed by atoms with van der Waals surface area (Å²) in [4.78, 5) is 66.6. The van der Waals surface area contributed by atoms with Crippen LogP contribution < -0.4 is 0 Å². The molecule has 0 fully saturated rings. The predicted molar refractivity (Wildman–Crippen MR) is 519 cm³/mol. The number of unbranched alkanes of at least 4 members (excludes halogenated alkanes) is 5. The zero-order valence-corrected chi connectivity index (χ0v) is 94.1. The van der Waals surface area contributed by atoms with Gasteiger partial charge in [-0.25, -0.2) is 24.0 Å². The minimum atomic E-state index is -5.84. The molecule has 0 aromatic heterocycles. The van der Waals surface area contributed by atoms with E-state index in [-0.39, 0.29) is 81.3 Å². The summed E-state index contributed by atoms with van der Waals surface area (Å²) in [5.41, 5.74) is -3.51. The van der Waals surface area contributed by atoms with Gasteiger partial charge in [-0.15, -0.1) is 6.58 Å². The van der Waals surface area contributed by atoms with Gasteiger partial charge in [-0.2, -0.15) is 61.1 Å². The third kappa shape index (κ3) is 97.0. The van der Waals surface area contributed by atoms with E-state index >= 15 is 0 Å². The molecule has 0 bridgehead atoms. The molecule has 0 radical (unpaired) electrons.